The molecule has 1 aliphatic rings. The molecule has 0 aliphatic carbocycles. The molecule has 1 aliphatic heterocycles. The fraction of sp³-hybridized carbons (Fsp3) is 0.294. The highest BCUT2D eigenvalue weighted by molar-refractivity contribution is 8.00. The summed E-state index contributed by atoms with van der Waals surface area (Å²) in [6.45, 7) is 0.617. The molecule has 1 amide bonds. The van der Waals surface area contributed by atoms with Crippen molar-refractivity contribution in [1.29, 1.82) is 0 Å². The highest BCUT2D eigenvalue weighted by Crippen LogP contribution is 2.29. The molecule has 1 fully saturated rings. The summed E-state index contributed by atoms with van der Waals surface area (Å²) in [6.07, 6.45) is 3.78. The monoisotopic (exact) mass is 298 g/mol. The Bertz CT molecular complexity index is 588. The Labute approximate surface area is 129 Å². The van der Waals surface area contributed by atoms with Crippen molar-refractivity contribution < 1.29 is 4.79 Å². The molecule has 0 N–H and O–H groups in total. The van der Waals surface area contributed by atoms with Crippen LogP contribution in [0.2, 0.25) is 0 Å². The number of amides is 1. The summed E-state index contributed by atoms with van der Waals surface area (Å²) in [4.78, 5) is 18.4. The van der Waals surface area contributed by atoms with Gasteiger partial charge in [-0.05, 0) is 30.5 Å². The van der Waals surface area contributed by atoms with Gasteiger partial charge in [0.25, 0.3) is 0 Å². The summed E-state index contributed by atoms with van der Waals surface area (Å²) in [7, 11) is 0. The van der Waals surface area contributed by atoms with Crippen molar-refractivity contribution in [3.05, 3.63) is 66.0 Å². The molecule has 0 bridgehead atoms. The Morgan fingerprint density at radius 2 is 1.95 bits per heavy atom. The van der Waals surface area contributed by atoms with Crippen LogP contribution in [0.3, 0.4) is 0 Å². The fourth-order valence-corrected chi connectivity index (χ4v) is 3.69. The molecule has 3 nitrogen and oxygen atoms in total. The topological polar surface area (TPSA) is 33.2 Å². The average molecular weight is 298 g/mol. The summed E-state index contributed by atoms with van der Waals surface area (Å²) >= 11 is 1.75. The first-order valence-electron chi connectivity index (χ1n) is 7.18. The average Bonchev–Trinajstić information content (AvgIpc) is 2.88. The summed E-state index contributed by atoms with van der Waals surface area (Å²) in [6, 6.07) is 16.3. The number of pyridine rings is 1. The Hall–Kier alpha value is -1.81. The summed E-state index contributed by atoms with van der Waals surface area (Å²) in [5.41, 5.74) is 2.29. The molecule has 1 saturated heterocycles. The molecular weight excluding hydrogens is 280 g/mol. The zero-order valence-corrected chi connectivity index (χ0v) is 12.6. The van der Waals surface area contributed by atoms with Crippen molar-refractivity contribution >= 4 is 17.7 Å². The normalized spacial score (nSPS) is 18.2. The van der Waals surface area contributed by atoms with E-state index in [0.717, 1.165) is 18.5 Å². The van der Waals surface area contributed by atoms with Gasteiger partial charge in [0.2, 0.25) is 5.91 Å². The number of carbonyl (C=O) groups is 1. The largest absolute Gasteiger partial charge is 0.324 e. The number of benzene rings is 1. The maximum absolute atomic E-state index is 12.1. The van der Waals surface area contributed by atoms with Crippen LogP contribution < -0.4 is 0 Å². The molecule has 1 aromatic carbocycles. The van der Waals surface area contributed by atoms with Crippen molar-refractivity contribution in [2.75, 3.05) is 5.75 Å². The second-order valence-corrected chi connectivity index (χ2v) is 6.30. The standard InChI is InChI=1S/C17H18N2OS/c20-16-13-21-17(10-9-14-6-2-1-3-7-14)19(16)12-15-8-4-5-11-18-15/h1-8,11,17H,9-10,12-13H2. The molecule has 2 aromatic rings. The Kier molecular flexibility index (Phi) is 4.55. The summed E-state index contributed by atoms with van der Waals surface area (Å²) < 4.78 is 0. The van der Waals surface area contributed by atoms with E-state index in [4.69, 9.17) is 0 Å². The number of rotatable bonds is 5. The molecule has 0 spiro atoms. The van der Waals surface area contributed by atoms with Crippen LogP contribution in [0, 0.1) is 0 Å². The lowest BCUT2D eigenvalue weighted by molar-refractivity contribution is -0.128. The Balaban J connectivity index is 1.62. The van der Waals surface area contributed by atoms with Crippen LogP contribution in [0.1, 0.15) is 17.7 Å². The maximum atomic E-state index is 12.1. The molecular formula is C17H18N2OS. The lowest BCUT2D eigenvalue weighted by atomic mass is 10.1. The van der Waals surface area contributed by atoms with Gasteiger partial charge in [0.05, 0.1) is 23.4 Å². The van der Waals surface area contributed by atoms with Gasteiger partial charge in [-0.15, -0.1) is 11.8 Å². The molecule has 2 heterocycles. The molecule has 0 saturated carbocycles. The van der Waals surface area contributed by atoms with Gasteiger partial charge < -0.3 is 4.90 Å². The van der Waals surface area contributed by atoms with Crippen molar-refractivity contribution in [3.8, 4) is 0 Å². The lowest BCUT2D eigenvalue weighted by Gasteiger charge is -2.23. The van der Waals surface area contributed by atoms with Gasteiger partial charge in [0.15, 0.2) is 0 Å². The van der Waals surface area contributed by atoms with E-state index in [2.05, 4.69) is 29.2 Å². The predicted octanol–water partition coefficient (Wildman–Crippen LogP) is 3.12. The second kappa shape index (κ2) is 6.76. The molecule has 108 valence electrons. The zero-order valence-electron chi connectivity index (χ0n) is 11.8. The molecule has 1 aromatic heterocycles. The van der Waals surface area contributed by atoms with Crippen molar-refractivity contribution in [1.82, 2.24) is 9.88 Å². The SMILES string of the molecule is O=C1CSC(CCc2ccccc2)N1Cc1ccccn1. The number of hydrogen-bond acceptors (Lipinski definition) is 3. The van der Waals surface area contributed by atoms with Crippen LogP contribution in [0.5, 0.6) is 0 Å². The highest BCUT2D eigenvalue weighted by Gasteiger charge is 2.31. The molecule has 1 unspecified atom stereocenters. The van der Waals surface area contributed by atoms with Crippen molar-refractivity contribution in [3.63, 3.8) is 0 Å². The van der Waals surface area contributed by atoms with Crippen LogP contribution in [0.25, 0.3) is 0 Å². The summed E-state index contributed by atoms with van der Waals surface area (Å²) in [5, 5.41) is 0.264. The second-order valence-electron chi connectivity index (χ2n) is 5.13. The number of carbonyl (C=O) groups excluding carboxylic acids is 1. The number of aryl methyl sites for hydroxylation is 1. The van der Waals surface area contributed by atoms with Crippen molar-refractivity contribution in [2.45, 2.75) is 24.8 Å². The van der Waals surface area contributed by atoms with Gasteiger partial charge in [-0.25, -0.2) is 0 Å². The minimum atomic E-state index is 0.226. The van der Waals surface area contributed by atoms with E-state index in [9.17, 15) is 4.79 Å². The molecule has 0 radical (unpaired) electrons. The molecule has 1 atom stereocenters. The zero-order chi connectivity index (χ0) is 14.5. The third-order valence-corrected chi connectivity index (χ3v) is 4.94. The maximum Gasteiger partial charge on any atom is 0.233 e. The van der Waals surface area contributed by atoms with E-state index in [1.54, 1.807) is 18.0 Å². The van der Waals surface area contributed by atoms with Gasteiger partial charge in [-0.2, -0.15) is 0 Å². The lowest BCUT2D eigenvalue weighted by Crippen LogP contribution is -2.32. The smallest absolute Gasteiger partial charge is 0.233 e. The Morgan fingerprint density at radius 3 is 2.71 bits per heavy atom. The predicted molar refractivity (Wildman–Crippen MR) is 85.8 cm³/mol. The van der Waals surface area contributed by atoms with Gasteiger partial charge in [0.1, 0.15) is 0 Å². The Morgan fingerprint density at radius 1 is 1.14 bits per heavy atom. The van der Waals surface area contributed by atoms with Crippen LogP contribution in [0.15, 0.2) is 54.7 Å². The van der Waals surface area contributed by atoms with Crippen LogP contribution in [0.4, 0.5) is 0 Å². The van der Waals surface area contributed by atoms with Crippen LogP contribution >= 0.6 is 11.8 Å². The number of hydrogen-bond donors (Lipinski definition) is 0. The third kappa shape index (κ3) is 3.64. The van der Waals surface area contributed by atoms with Gasteiger partial charge >= 0.3 is 0 Å². The number of thioether (sulfide) groups is 1. The minimum absolute atomic E-state index is 0.226. The first kappa shape index (κ1) is 14.1. The first-order valence-corrected chi connectivity index (χ1v) is 8.23. The molecule has 4 heteroatoms. The van der Waals surface area contributed by atoms with Gasteiger partial charge in [0, 0.05) is 6.20 Å². The van der Waals surface area contributed by atoms with Crippen LogP contribution in [-0.2, 0) is 17.8 Å². The van der Waals surface area contributed by atoms with Gasteiger partial charge in [-0.3, -0.25) is 9.78 Å². The number of aromatic nitrogens is 1. The van der Waals surface area contributed by atoms with Gasteiger partial charge in [-0.1, -0.05) is 36.4 Å². The molecule has 21 heavy (non-hydrogen) atoms. The fourth-order valence-electron chi connectivity index (χ4n) is 2.53. The highest BCUT2D eigenvalue weighted by atomic mass is 32.2. The quantitative estimate of drug-likeness (QED) is 0.850. The van der Waals surface area contributed by atoms with Crippen LogP contribution in [-0.4, -0.2) is 26.9 Å². The van der Waals surface area contributed by atoms with E-state index in [1.165, 1.54) is 5.56 Å². The van der Waals surface area contributed by atoms with E-state index >= 15 is 0 Å². The number of nitrogens with zero attached hydrogens (tertiary/aromatic N) is 2. The van der Waals surface area contributed by atoms with Crippen molar-refractivity contribution in [2.24, 2.45) is 0 Å². The molecule has 3 rings (SSSR count). The van der Waals surface area contributed by atoms with E-state index in [1.807, 2.05) is 29.2 Å². The minimum Gasteiger partial charge on any atom is -0.324 e. The third-order valence-electron chi connectivity index (χ3n) is 3.65. The first-order chi connectivity index (χ1) is 10.3. The van der Waals surface area contributed by atoms with E-state index < -0.39 is 0 Å². The summed E-state index contributed by atoms with van der Waals surface area (Å²) in [5.74, 6) is 0.815. The van der Waals surface area contributed by atoms with E-state index in [-0.39, 0.29) is 11.3 Å². The van der Waals surface area contributed by atoms with E-state index in [0.29, 0.717) is 12.3 Å².